The van der Waals surface area contributed by atoms with E-state index in [4.69, 9.17) is 10.9 Å². The van der Waals surface area contributed by atoms with Crippen LogP contribution >= 0.6 is 0 Å². The van der Waals surface area contributed by atoms with Crippen molar-refractivity contribution < 1.29 is 5.21 Å². The molecule has 2 aromatic rings. The SMILES string of the molecule is CCN(Cc1ccccn1)c1ccc(/C(N)=N/O)nc1. The second-order valence-corrected chi connectivity index (χ2v) is 4.22. The minimum atomic E-state index is 0.00400. The summed E-state index contributed by atoms with van der Waals surface area (Å²) in [5, 5.41) is 11.5. The van der Waals surface area contributed by atoms with Gasteiger partial charge in [0.1, 0.15) is 5.69 Å². The van der Waals surface area contributed by atoms with E-state index in [9.17, 15) is 0 Å². The highest BCUT2D eigenvalue weighted by Gasteiger charge is 2.08. The number of anilines is 1. The van der Waals surface area contributed by atoms with Crippen molar-refractivity contribution in [3.63, 3.8) is 0 Å². The van der Waals surface area contributed by atoms with Crippen LogP contribution in [0.1, 0.15) is 18.3 Å². The van der Waals surface area contributed by atoms with Crippen LogP contribution in [0.25, 0.3) is 0 Å². The van der Waals surface area contributed by atoms with E-state index < -0.39 is 0 Å². The van der Waals surface area contributed by atoms with E-state index >= 15 is 0 Å². The maximum atomic E-state index is 8.61. The minimum absolute atomic E-state index is 0.00400. The van der Waals surface area contributed by atoms with Crippen LogP contribution in [0.5, 0.6) is 0 Å². The number of nitrogens with zero attached hydrogens (tertiary/aromatic N) is 4. The number of aromatic nitrogens is 2. The molecule has 3 N–H and O–H groups in total. The highest BCUT2D eigenvalue weighted by molar-refractivity contribution is 5.95. The standard InChI is InChI=1S/C14H17N5O/c1-2-19(10-11-5-3-4-8-16-11)12-6-7-13(17-9-12)14(15)18-20/h3-9,20H,2,10H2,1H3,(H2,15,18). The number of oxime groups is 1. The number of rotatable bonds is 5. The summed E-state index contributed by atoms with van der Waals surface area (Å²) < 4.78 is 0. The molecule has 0 fully saturated rings. The molecular formula is C14H17N5O. The van der Waals surface area contributed by atoms with Gasteiger partial charge in [0.2, 0.25) is 0 Å². The predicted octanol–water partition coefficient (Wildman–Crippen LogP) is 1.60. The van der Waals surface area contributed by atoms with Gasteiger partial charge in [-0.3, -0.25) is 9.97 Å². The molecule has 0 saturated heterocycles. The summed E-state index contributed by atoms with van der Waals surface area (Å²) in [5.74, 6) is 0.00400. The lowest BCUT2D eigenvalue weighted by Gasteiger charge is -2.22. The molecule has 2 rings (SSSR count). The van der Waals surface area contributed by atoms with Gasteiger partial charge >= 0.3 is 0 Å². The lowest BCUT2D eigenvalue weighted by molar-refractivity contribution is 0.318. The van der Waals surface area contributed by atoms with Gasteiger partial charge < -0.3 is 15.8 Å². The highest BCUT2D eigenvalue weighted by atomic mass is 16.4. The summed E-state index contributed by atoms with van der Waals surface area (Å²) in [5.41, 5.74) is 7.90. The van der Waals surface area contributed by atoms with E-state index in [1.807, 2.05) is 24.3 Å². The fraction of sp³-hybridized carbons (Fsp3) is 0.214. The average Bonchev–Trinajstić information content (AvgIpc) is 2.53. The van der Waals surface area contributed by atoms with Crippen molar-refractivity contribution >= 4 is 11.5 Å². The maximum absolute atomic E-state index is 8.61. The summed E-state index contributed by atoms with van der Waals surface area (Å²) in [6, 6.07) is 9.47. The topological polar surface area (TPSA) is 87.6 Å². The number of hydrogen-bond donors (Lipinski definition) is 2. The Kier molecular flexibility index (Phi) is 4.49. The molecule has 2 heterocycles. The van der Waals surface area contributed by atoms with Crippen LogP contribution in [-0.4, -0.2) is 27.6 Å². The fourth-order valence-corrected chi connectivity index (χ4v) is 1.85. The summed E-state index contributed by atoms with van der Waals surface area (Å²) >= 11 is 0. The molecule has 0 unspecified atom stereocenters. The molecule has 6 nitrogen and oxygen atoms in total. The summed E-state index contributed by atoms with van der Waals surface area (Å²) in [4.78, 5) is 10.6. The molecule has 0 atom stereocenters. The van der Waals surface area contributed by atoms with Crippen molar-refractivity contribution in [1.82, 2.24) is 9.97 Å². The number of pyridine rings is 2. The molecule has 0 bridgehead atoms. The molecule has 0 aliphatic heterocycles. The molecule has 0 amide bonds. The largest absolute Gasteiger partial charge is 0.409 e. The van der Waals surface area contributed by atoms with Gasteiger partial charge in [0, 0.05) is 12.7 Å². The minimum Gasteiger partial charge on any atom is -0.409 e. The molecule has 6 heteroatoms. The van der Waals surface area contributed by atoms with Gasteiger partial charge in [-0.25, -0.2) is 0 Å². The average molecular weight is 271 g/mol. The Morgan fingerprint density at radius 3 is 2.70 bits per heavy atom. The van der Waals surface area contributed by atoms with Gasteiger partial charge in [0.15, 0.2) is 5.84 Å². The van der Waals surface area contributed by atoms with E-state index in [1.165, 1.54) is 0 Å². The molecular weight excluding hydrogens is 254 g/mol. The van der Waals surface area contributed by atoms with Crippen molar-refractivity contribution in [3.8, 4) is 0 Å². The van der Waals surface area contributed by atoms with Crippen LogP contribution in [0.2, 0.25) is 0 Å². The fourth-order valence-electron chi connectivity index (χ4n) is 1.85. The highest BCUT2D eigenvalue weighted by Crippen LogP contribution is 2.15. The van der Waals surface area contributed by atoms with Gasteiger partial charge in [0.05, 0.1) is 24.1 Å². The van der Waals surface area contributed by atoms with Gasteiger partial charge in [0.25, 0.3) is 0 Å². The van der Waals surface area contributed by atoms with Crippen LogP contribution < -0.4 is 10.6 Å². The zero-order valence-corrected chi connectivity index (χ0v) is 11.3. The second kappa shape index (κ2) is 6.51. The predicted molar refractivity (Wildman–Crippen MR) is 77.7 cm³/mol. The lowest BCUT2D eigenvalue weighted by atomic mass is 10.2. The quantitative estimate of drug-likeness (QED) is 0.373. The van der Waals surface area contributed by atoms with Crippen molar-refractivity contribution in [2.24, 2.45) is 10.9 Å². The van der Waals surface area contributed by atoms with Crippen molar-refractivity contribution in [1.29, 1.82) is 0 Å². The smallest absolute Gasteiger partial charge is 0.188 e. The Balaban J connectivity index is 2.16. The molecule has 104 valence electrons. The van der Waals surface area contributed by atoms with E-state index in [2.05, 4.69) is 26.9 Å². The van der Waals surface area contributed by atoms with Crippen LogP contribution in [0.3, 0.4) is 0 Å². The Morgan fingerprint density at radius 2 is 2.15 bits per heavy atom. The molecule has 0 spiro atoms. The van der Waals surface area contributed by atoms with Gasteiger partial charge in [-0.15, -0.1) is 0 Å². The van der Waals surface area contributed by atoms with E-state index in [0.29, 0.717) is 12.2 Å². The third kappa shape index (κ3) is 3.23. The van der Waals surface area contributed by atoms with Crippen molar-refractivity contribution in [3.05, 3.63) is 54.1 Å². The van der Waals surface area contributed by atoms with E-state index in [1.54, 1.807) is 18.5 Å². The Bertz CT molecular complexity index is 568. The molecule has 2 aromatic heterocycles. The van der Waals surface area contributed by atoms with Crippen molar-refractivity contribution in [2.45, 2.75) is 13.5 Å². The molecule has 0 saturated carbocycles. The van der Waals surface area contributed by atoms with E-state index in [-0.39, 0.29) is 5.84 Å². The van der Waals surface area contributed by atoms with E-state index in [0.717, 1.165) is 17.9 Å². The maximum Gasteiger partial charge on any atom is 0.188 e. The first-order valence-electron chi connectivity index (χ1n) is 6.33. The van der Waals surface area contributed by atoms with Crippen LogP contribution in [0.4, 0.5) is 5.69 Å². The second-order valence-electron chi connectivity index (χ2n) is 4.22. The van der Waals surface area contributed by atoms with Crippen molar-refractivity contribution in [2.75, 3.05) is 11.4 Å². The third-order valence-electron chi connectivity index (χ3n) is 2.94. The monoisotopic (exact) mass is 271 g/mol. The van der Waals surface area contributed by atoms with Gasteiger partial charge in [-0.1, -0.05) is 11.2 Å². The zero-order valence-electron chi connectivity index (χ0n) is 11.3. The lowest BCUT2D eigenvalue weighted by Crippen LogP contribution is -2.23. The Labute approximate surface area is 117 Å². The number of hydrogen-bond acceptors (Lipinski definition) is 5. The Hall–Kier alpha value is -2.63. The first kappa shape index (κ1) is 13.8. The normalized spacial score (nSPS) is 11.3. The van der Waals surface area contributed by atoms with Crippen LogP contribution in [-0.2, 0) is 6.54 Å². The molecule has 0 radical (unpaired) electrons. The van der Waals surface area contributed by atoms with Crippen LogP contribution in [0, 0.1) is 0 Å². The first-order valence-corrected chi connectivity index (χ1v) is 6.33. The number of nitrogens with two attached hydrogens (primary N) is 1. The summed E-state index contributed by atoms with van der Waals surface area (Å²) in [6.45, 7) is 3.61. The first-order chi connectivity index (χ1) is 9.74. The van der Waals surface area contributed by atoms with Gasteiger partial charge in [-0.2, -0.15) is 0 Å². The number of amidine groups is 1. The molecule has 0 aliphatic rings. The van der Waals surface area contributed by atoms with Gasteiger partial charge in [-0.05, 0) is 31.2 Å². The third-order valence-corrected chi connectivity index (χ3v) is 2.94. The Morgan fingerprint density at radius 1 is 1.30 bits per heavy atom. The molecule has 0 aliphatic carbocycles. The molecule has 20 heavy (non-hydrogen) atoms. The summed E-state index contributed by atoms with van der Waals surface area (Å²) in [7, 11) is 0. The molecule has 0 aromatic carbocycles. The zero-order chi connectivity index (χ0) is 14.4. The summed E-state index contributed by atoms with van der Waals surface area (Å²) in [6.07, 6.45) is 3.49. The van der Waals surface area contributed by atoms with Crippen LogP contribution in [0.15, 0.2) is 47.9 Å².